The summed E-state index contributed by atoms with van der Waals surface area (Å²) in [5.41, 5.74) is -0.0948. The maximum atomic E-state index is 14.3. The fourth-order valence-electron chi connectivity index (χ4n) is 1.79. The summed E-state index contributed by atoms with van der Waals surface area (Å²) in [5, 5.41) is 0. The molecule has 0 atom stereocenters. The molecule has 0 radical (unpaired) electrons. The predicted molar refractivity (Wildman–Crippen MR) is 74.3 cm³/mol. The number of carbonyl (C=O) groups excluding carboxylic acids is 1. The number of nitrogens with zero attached hydrogens (tertiary/aromatic N) is 1. The number of amides is 1. The first-order valence-electron chi connectivity index (χ1n) is 5.79. The van der Waals surface area contributed by atoms with Crippen LogP contribution in [0.4, 0.5) is 10.1 Å². The average Bonchev–Trinajstić information content (AvgIpc) is 2.38. The van der Waals surface area contributed by atoms with Crippen molar-refractivity contribution >= 4 is 21.6 Å². The van der Waals surface area contributed by atoms with Crippen LogP contribution in [0, 0.1) is 5.82 Å². The Labute approximate surface area is 116 Å². The minimum atomic E-state index is -3.73. The zero-order valence-corrected chi connectivity index (χ0v) is 11.5. The van der Waals surface area contributed by atoms with Crippen LogP contribution in [0.2, 0.25) is 0 Å². The van der Waals surface area contributed by atoms with Crippen molar-refractivity contribution in [2.24, 2.45) is 0 Å². The Hall–Kier alpha value is -2.15. The highest BCUT2D eigenvalue weighted by Crippen LogP contribution is 2.23. The third-order valence-electron chi connectivity index (χ3n) is 2.63. The smallest absolute Gasteiger partial charge is 0.267 e. The van der Waals surface area contributed by atoms with Crippen molar-refractivity contribution in [2.45, 2.75) is 0 Å². The topological polar surface area (TPSA) is 66.5 Å². The highest BCUT2D eigenvalue weighted by molar-refractivity contribution is 7.89. The van der Waals surface area contributed by atoms with Gasteiger partial charge in [-0.1, -0.05) is 18.2 Å². The fourth-order valence-corrected chi connectivity index (χ4v) is 2.23. The van der Waals surface area contributed by atoms with E-state index in [0.29, 0.717) is 6.54 Å². The lowest BCUT2D eigenvalue weighted by Crippen LogP contribution is -2.30. The average molecular weight is 296 g/mol. The van der Waals surface area contributed by atoms with Gasteiger partial charge in [0.1, 0.15) is 0 Å². The van der Waals surface area contributed by atoms with Crippen molar-refractivity contribution in [1.29, 1.82) is 0 Å². The second kappa shape index (κ2) is 5.46. The van der Waals surface area contributed by atoms with E-state index < -0.39 is 21.7 Å². The lowest BCUT2D eigenvalue weighted by atomic mass is 10.1. The van der Waals surface area contributed by atoms with Crippen molar-refractivity contribution in [3.63, 3.8) is 0 Å². The molecule has 1 aromatic rings. The Morgan fingerprint density at radius 3 is 2.70 bits per heavy atom. The predicted octanol–water partition coefficient (Wildman–Crippen LogP) is 1.41. The summed E-state index contributed by atoms with van der Waals surface area (Å²) in [6.45, 7) is 0.477. The molecule has 2 rings (SSSR count). The molecule has 0 aliphatic carbocycles. The summed E-state index contributed by atoms with van der Waals surface area (Å²) in [5.74, 6) is -1.74. The van der Waals surface area contributed by atoms with Crippen LogP contribution >= 0.6 is 0 Å². The summed E-state index contributed by atoms with van der Waals surface area (Å²) in [6.07, 6.45) is 7.92. The molecule has 0 saturated heterocycles. The molecule has 5 nitrogen and oxygen atoms in total. The van der Waals surface area contributed by atoms with Gasteiger partial charge in [-0.05, 0) is 18.2 Å². The summed E-state index contributed by atoms with van der Waals surface area (Å²) in [4.78, 5) is 13.4. The molecule has 0 aromatic heterocycles. The van der Waals surface area contributed by atoms with E-state index in [-0.39, 0.29) is 11.3 Å². The van der Waals surface area contributed by atoms with Gasteiger partial charge in [0, 0.05) is 12.7 Å². The molecule has 106 valence electrons. The fraction of sp³-hybridized carbons (Fsp3) is 0.154. The van der Waals surface area contributed by atoms with Gasteiger partial charge < -0.3 is 4.90 Å². The zero-order chi connectivity index (χ0) is 14.8. The Bertz CT molecular complexity index is 696. The number of carbonyl (C=O) groups is 1. The van der Waals surface area contributed by atoms with Crippen molar-refractivity contribution in [3.05, 3.63) is 54.0 Å². The van der Waals surface area contributed by atoms with Gasteiger partial charge in [-0.15, -0.1) is 0 Å². The first kappa shape index (κ1) is 14.3. The van der Waals surface area contributed by atoms with Crippen LogP contribution in [0.15, 0.2) is 42.6 Å². The number of nitrogens with one attached hydrogen (secondary N) is 1. The Morgan fingerprint density at radius 2 is 2.10 bits per heavy atom. The number of hydrogen-bond acceptors (Lipinski definition) is 4. The number of rotatable bonds is 3. The molecule has 1 aliphatic heterocycles. The maximum absolute atomic E-state index is 14.3. The van der Waals surface area contributed by atoms with Gasteiger partial charge in [0.2, 0.25) is 10.0 Å². The van der Waals surface area contributed by atoms with Crippen LogP contribution in [0.1, 0.15) is 10.4 Å². The van der Waals surface area contributed by atoms with E-state index in [4.69, 9.17) is 0 Å². The summed E-state index contributed by atoms with van der Waals surface area (Å²) < 4.78 is 38.1. The molecule has 0 fully saturated rings. The van der Waals surface area contributed by atoms with Gasteiger partial charge in [0.25, 0.3) is 5.91 Å². The van der Waals surface area contributed by atoms with E-state index >= 15 is 0 Å². The van der Waals surface area contributed by atoms with Crippen LogP contribution in [0.25, 0.3) is 0 Å². The largest absolute Gasteiger partial charge is 0.342 e. The minimum Gasteiger partial charge on any atom is -0.342 e. The van der Waals surface area contributed by atoms with Gasteiger partial charge in [-0.3, -0.25) is 4.79 Å². The van der Waals surface area contributed by atoms with Crippen molar-refractivity contribution in [2.75, 3.05) is 17.7 Å². The van der Waals surface area contributed by atoms with Crippen LogP contribution in [0.5, 0.6) is 0 Å². The molecular weight excluding hydrogens is 283 g/mol. The molecule has 1 heterocycles. The van der Waals surface area contributed by atoms with Gasteiger partial charge in [0.05, 0.1) is 17.5 Å². The Morgan fingerprint density at radius 1 is 1.35 bits per heavy atom. The van der Waals surface area contributed by atoms with Gasteiger partial charge in [-0.2, -0.15) is 0 Å². The quantitative estimate of drug-likeness (QED) is 0.915. The second-order valence-corrected chi connectivity index (χ2v) is 6.01. The molecule has 1 aliphatic rings. The lowest BCUT2D eigenvalue weighted by Gasteiger charge is -2.22. The number of sulfonamides is 1. The molecule has 0 bridgehead atoms. The molecule has 20 heavy (non-hydrogen) atoms. The van der Waals surface area contributed by atoms with Crippen molar-refractivity contribution in [1.82, 2.24) is 4.72 Å². The molecule has 1 amide bonds. The second-order valence-electron chi connectivity index (χ2n) is 4.26. The maximum Gasteiger partial charge on any atom is 0.267 e. The van der Waals surface area contributed by atoms with Gasteiger partial charge in [-0.25, -0.2) is 17.5 Å². The molecular formula is C13H13FN2O3S. The van der Waals surface area contributed by atoms with E-state index in [9.17, 15) is 17.6 Å². The standard InChI is InChI=1S/C13H13FN2O3S/c1-20(18,19)15-13(17)10-6-5-7-11(12(10)14)16-8-3-2-4-9-16/h2-8H,9H2,1H3,(H,15,17). The van der Waals surface area contributed by atoms with E-state index in [2.05, 4.69) is 0 Å². The molecule has 0 unspecified atom stereocenters. The third-order valence-corrected chi connectivity index (χ3v) is 3.18. The van der Waals surface area contributed by atoms with E-state index in [1.54, 1.807) is 21.9 Å². The van der Waals surface area contributed by atoms with E-state index in [1.807, 2.05) is 12.2 Å². The van der Waals surface area contributed by atoms with Crippen LogP contribution < -0.4 is 9.62 Å². The Balaban J connectivity index is 2.34. The molecule has 0 saturated carbocycles. The van der Waals surface area contributed by atoms with Crippen molar-refractivity contribution < 1.29 is 17.6 Å². The zero-order valence-electron chi connectivity index (χ0n) is 10.7. The van der Waals surface area contributed by atoms with Gasteiger partial charge >= 0.3 is 0 Å². The monoisotopic (exact) mass is 296 g/mol. The number of allylic oxidation sites excluding steroid dienone is 2. The summed E-state index contributed by atoms with van der Waals surface area (Å²) in [7, 11) is -3.73. The molecule has 1 N–H and O–H groups in total. The third kappa shape index (κ3) is 3.24. The minimum absolute atomic E-state index is 0.215. The van der Waals surface area contributed by atoms with Crippen molar-refractivity contribution in [3.8, 4) is 0 Å². The first-order valence-corrected chi connectivity index (χ1v) is 7.68. The number of anilines is 1. The SMILES string of the molecule is CS(=O)(=O)NC(=O)c1cccc(N2C=CC=CC2)c1F. The summed E-state index contributed by atoms with van der Waals surface area (Å²) >= 11 is 0. The van der Waals surface area contributed by atoms with Gasteiger partial charge in [0.15, 0.2) is 5.82 Å². The number of halogens is 1. The number of benzene rings is 1. The first-order chi connectivity index (χ1) is 9.38. The van der Waals surface area contributed by atoms with Crippen LogP contribution in [-0.4, -0.2) is 27.1 Å². The summed E-state index contributed by atoms with van der Waals surface area (Å²) in [6, 6.07) is 4.26. The highest BCUT2D eigenvalue weighted by Gasteiger charge is 2.19. The normalized spacial score (nSPS) is 14.4. The highest BCUT2D eigenvalue weighted by atomic mass is 32.2. The molecule has 7 heteroatoms. The molecule has 1 aromatic carbocycles. The van der Waals surface area contributed by atoms with E-state index in [0.717, 1.165) is 6.26 Å². The lowest BCUT2D eigenvalue weighted by molar-refractivity contribution is 0.0978. The van der Waals surface area contributed by atoms with Crippen LogP contribution in [-0.2, 0) is 10.0 Å². The number of hydrogen-bond donors (Lipinski definition) is 1. The molecule has 0 spiro atoms. The Kier molecular flexibility index (Phi) is 3.89. The van der Waals surface area contributed by atoms with Crippen LogP contribution in [0.3, 0.4) is 0 Å². The van der Waals surface area contributed by atoms with E-state index in [1.165, 1.54) is 18.2 Å².